The zero-order chi connectivity index (χ0) is 24.0. The fourth-order valence-electron chi connectivity index (χ4n) is 3.32. The Morgan fingerprint density at radius 3 is 2.36 bits per heavy atom. The molecule has 0 fully saturated rings. The van der Waals surface area contributed by atoms with Gasteiger partial charge in [0, 0.05) is 17.8 Å². The van der Waals surface area contributed by atoms with Crippen molar-refractivity contribution in [1.29, 1.82) is 0 Å². The molecule has 0 atom stereocenters. The lowest BCUT2D eigenvalue weighted by atomic mass is 10.0. The molecule has 1 aromatic heterocycles. The summed E-state index contributed by atoms with van der Waals surface area (Å²) in [5.41, 5.74) is 2.92. The number of carbonyl (C=O) groups is 1. The van der Waals surface area contributed by atoms with Crippen LogP contribution in [-0.2, 0) is 17.6 Å². The van der Waals surface area contributed by atoms with Crippen LogP contribution in [-0.4, -0.2) is 25.1 Å². The van der Waals surface area contributed by atoms with Gasteiger partial charge < -0.3 is 20.1 Å². The molecule has 0 saturated heterocycles. The number of carbonyl (C=O) groups excluding carboxylic acids is 1. The average molecular weight is 453 g/mol. The second-order valence-corrected chi connectivity index (χ2v) is 7.26. The molecular formula is C25H25F2N3O3. The van der Waals surface area contributed by atoms with E-state index in [1.54, 1.807) is 18.3 Å². The van der Waals surface area contributed by atoms with Gasteiger partial charge in [-0.05, 0) is 49.1 Å². The van der Waals surface area contributed by atoms with E-state index >= 15 is 0 Å². The monoisotopic (exact) mass is 453 g/mol. The maximum absolute atomic E-state index is 14.6. The number of hydrogen-bond acceptors (Lipinski definition) is 5. The van der Waals surface area contributed by atoms with Crippen LogP contribution in [0.5, 0.6) is 11.5 Å². The fourth-order valence-corrected chi connectivity index (χ4v) is 3.32. The molecule has 0 aliphatic heterocycles. The Balaban J connectivity index is 1.76. The van der Waals surface area contributed by atoms with Gasteiger partial charge in [0.25, 0.3) is 0 Å². The molecule has 0 unspecified atom stereocenters. The van der Waals surface area contributed by atoms with Crippen molar-refractivity contribution < 1.29 is 23.0 Å². The van der Waals surface area contributed by atoms with E-state index in [2.05, 4.69) is 22.2 Å². The number of methoxy groups -OCH3 is 2. The summed E-state index contributed by atoms with van der Waals surface area (Å²) < 4.78 is 39.1. The fraction of sp³-hybridized carbons (Fsp3) is 0.200. The van der Waals surface area contributed by atoms with E-state index in [1.807, 2.05) is 25.1 Å². The van der Waals surface area contributed by atoms with Crippen molar-refractivity contribution in [3.63, 3.8) is 0 Å². The summed E-state index contributed by atoms with van der Waals surface area (Å²) in [5, 5.41) is 5.97. The average Bonchev–Trinajstić information content (AvgIpc) is 2.82. The van der Waals surface area contributed by atoms with Crippen LogP contribution in [0.4, 0.5) is 26.0 Å². The predicted molar refractivity (Wildman–Crippen MR) is 124 cm³/mol. The lowest BCUT2D eigenvalue weighted by Crippen LogP contribution is -2.10. The molecular weight excluding hydrogens is 428 g/mol. The maximum Gasteiger partial charge on any atom is 0.247 e. The molecule has 2 N–H and O–H groups in total. The molecule has 33 heavy (non-hydrogen) atoms. The third kappa shape index (κ3) is 5.46. The van der Waals surface area contributed by atoms with Crippen LogP contribution < -0.4 is 20.1 Å². The molecule has 0 spiro atoms. The number of aromatic nitrogens is 1. The summed E-state index contributed by atoms with van der Waals surface area (Å²) >= 11 is 0. The van der Waals surface area contributed by atoms with Crippen molar-refractivity contribution in [3.05, 3.63) is 83.6 Å². The third-order valence-electron chi connectivity index (χ3n) is 5.12. The quantitative estimate of drug-likeness (QED) is 0.428. The lowest BCUT2D eigenvalue weighted by molar-refractivity contribution is -0.111. The zero-order valence-corrected chi connectivity index (χ0v) is 18.7. The van der Waals surface area contributed by atoms with E-state index < -0.39 is 11.6 Å². The summed E-state index contributed by atoms with van der Waals surface area (Å²) in [6.07, 6.45) is 3.30. The van der Waals surface area contributed by atoms with Gasteiger partial charge in [-0.1, -0.05) is 24.8 Å². The van der Waals surface area contributed by atoms with Gasteiger partial charge in [-0.2, -0.15) is 0 Å². The molecule has 3 rings (SSSR count). The number of pyridine rings is 1. The largest absolute Gasteiger partial charge is 0.494 e. The number of nitrogens with zero attached hydrogens (tertiary/aromatic N) is 1. The third-order valence-corrected chi connectivity index (χ3v) is 5.12. The van der Waals surface area contributed by atoms with Gasteiger partial charge in [-0.25, -0.2) is 13.8 Å². The standard InChI is InChI=1S/C25H25F2N3O3/c1-5-22(31)29-18-8-6-7-15(2)25(18)30-21-12-10-16(14-28-21)9-11-17-23(26)19(32-3)13-20(33-4)24(17)27/h5-8,10,12-14H,1,9,11H2,2-4H3,(H,28,30)(H,29,31). The lowest BCUT2D eigenvalue weighted by Gasteiger charge is -2.15. The Morgan fingerprint density at radius 1 is 1.09 bits per heavy atom. The van der Waals surface area contributed by atoms with Gasteiger partial charge in [0.15, 0.2) is 23.1 Å². The predicted octanol–water partition coefficient (Wildman–Crippen LogP) is 5.34. The highest BCUT2D eigenvalue weighted by Crippen LogP contribution is 2.32. The number of anilines is 3. The van der Waals surface area contributed by atoms with Gasteiger partial charge >= 0.3 is 0 Å². The molecule has 0 bridgehead atoms. The van der Waals surface area contributed by atoms with Crippen molar-refractivity contribution in [1.82, 2.24) is 4.98 Å². The number of hydrogen-bond donors (Lipinski definition) is 2. The Morgan fingerprint density at radius 2 is 1.79 bits per heavy atom. The van der Waals surface area contributed by atoms with Gasteiger partial charge in [-0.15, -0.1) is 0 Å². The van der Waals surface area contributed by atoms with Crippen LogP contribution >= 0.6 is 0 Å². The summed E-state index contributed by atoms with van der Waals surface area (Å²) in [6.45, 7) is 5.37. The van der Waals surface area contributed by atoms with Gasteiger partial charge in [-0.3, -0.25) is 4.79 Å². The summed E-state index contributed by atoms with van der Waals surface area (Å²) in [7, 11) is 2.63. The molecule has 8 heteroatoms. The first-order chi connectivity index (χ1) is 15.9. The summed E-state index contributed by atoms with van der Waals surface area (Å²) in [6, 6.07) is 10.3. The second kappa shape index (κ2) is 10.6. The molecule has 1 heterocycles. The van der Waals surface area contributed by atoms with Crippen molar-refractivity contribution in [2.75, 3.05) is 24.9 Å². The van der Waals surface area contributed by atoms with E-state index in [-0.39, 0.29) is 29.4 Å². The molecule has 6 nitrogen and oxygen atoms in total. The molecule has 0 saturated carbocycles. The summed E-state index contributed by atoms with van der Waals surface area (Å²) in [4.78, 5) is 16.1. The van der Waals surface area contributed by atoms with Crippen molar-refractivity contribution in [2.45, 2.75) is 19.8 Å². The van der Waals surface area contributed by atoms with Crippen LogP contribution in [0, 0.1) is 18.6 Å². The minimum Gasteiger partial charge on any atom is -0.494 e. The molecule has 3 aromatic rings. The van der Waals surface area contributed by atoms with E-state index in [0.29, 0.717) is 23.6 Å². The number of ether oxygens (including phenoxy) is 2. The number of halogens is 2. The van der Waals surface area contributed by atoms with Crippen molar-refractivity contribution in [2.24, 2.45) is 0 Å². The van der Waals surface area contributed by atoms with E-state index in [0.717, 1.165) is 11.1 Å². The molecule has 0 radical (unpaired) electrons. The first kappa shape index (κ1) is 23.7. The number of rotatable bonds is 9. The Bertz CT molecular complexity index is 1140. The van der Waals surface area contributed by atoms with Gasteiger partial charge in [0.2, 0.25) is 5.91 Å². The maximum atomic E-state index is 14.6. The minimum atomic E-state index is -0.740. The number of para-hydroxylation sites is 1. The van der Waals surface area contributed by atoms with Gasteiger partial charge in [0.1, 0.15) is 5.82 Å². The highest BCUT2D eigenvalue weighted by molar-refractivity contribution is 6.01. The van der Waals surface area contributed by atoms with Crippen LogP contribution in [0.1, 0.15) is 16.7 Å². The van der Waals surface area contributed by atoms with Crippen molar-refractivity contribution >= 4 is 23.1 Å². The highest BCUT2D eigenvalue weighted by atomic mass is 19.1. The first-order valence-electron chi connectivity index (χ1n) is 10.2. The normalized spacial score (nSPS) is 10.5. The molecule has 0 aliphatic rings. The van der Waals surface area contributed by atoms with Crippen molar-refractivity contribution in [3.8, 4) is 11.5 Å². The van der Waals surface area contributed by atoms with E-state index in [4.69, 9.17) is 9.47 Å². The van der Waals surface area contributed by atoms with Crippen LogP contribution in [0.3, 0.4) is 0 Å². The molecule has 2 aromatic carbocycles. The topological polar surface area (TPSA) is 72.5 Å². The van der Waals surface area contributed by atoms with Crippen LogP contribution in [0.2, 0.25) is 0 Å². The number of nitrogens with one attached hydrogen (secondary N) is 2. The number of amides is 1. The SMILES string of the molecule is C=CC(=O)Nc1cccc(C)c1Nc1ccc(CCc2c(F)c(OC)cc(OC)c2F)cn1. The summed E-state index contributed by atoms with van der Waals surface area (Å²) in [5.74, 6) is -1.38. The first-order valence-corrected chi connectivity index (χ1v) is 10.2. The van der Waals surface area contributed by atoms with Gasteiger partial charge in [0.05, 0.1) is 25.6 Å². The second-order valence-electron chi connectivity index (χ2n) is 7.26. The molecule has 0 aliphatic carbocycles. The van der Waals surface area contributed by atoms with E-state index in [1.165, 1.54) is 26.4 Å². The minimum absolute atomic E-state index is 0.0708. The molecule has 1 amide bonds. The highest BCUT2D eigenvalue weighted by Gasteiger charge is 2.19. The van der Waals surface area contributed by atoms with Crippen LogP contribution in [0.25, 0.3) is 0 Å². The Kier molecular flexibility index (Phi) is 7.61. The smallest absolute Gasteiger partial charge is 0.247 e. The van der Waals surface area contributed by atoms with E-state index in [9.17, 15) is 13.6 Å². The van der Waals surface area contributed by atoms with Crippen LogP contribution in [0.15, 0.2) is 55.3 Å². The molecule has 172 valence electrons. The Labute approximate surface area is 191 Å². The number of aryl methyl sites for hydroxylation is 2. The number of benzene rings is 2. The Hall–Kier alpha value is -3.94. The zero-order valence-electron chi connectivity index (χ0n) is 18.7.